The van der Waals surface area contributed by atoms with Crippen LogP contribution in [-0.2, 0) is 6.54 Å². The molecular formula is C11H14N4. The minimum absolute atomic E-state index is 0.691. The first-order valence-electron chi connectivity index (χ1n) is 5.45. The predicted octanol–water partition coefficient (Wildman–Crippen LogP) is 1.37. The third-order valence-corrected chi connectivity index (χ3v) is 2.94. The molecule has 0 saturated heterocycles. The molecular weight excluding hydrogens is 188 g/mol. The molecule has 3 rings (SSSR count). The molecule has 2 heterocycles. The van der Waals surface area contributed by atoms with E-state index in [0.717, 1.165) is 18.0 Å². The van der Waals surface area contributed by atoms with Crippen LogP contribution < -0.4 is 5.32 Å². The molecule has 1 aliphatic rings. The van der Waals surface area contributed by atoms with Crippen molar-refractivity contribution in [2.24, 2.45) is 0 Å². The molecule has 1 N–H and O–H groups in total. The van der Waals surface area contributed by atoms with E-state index in [9.17, 15) is 0 Å². The van der Waals surface area contributed by atoms with Crippen LogP contribution in [0.2, 0.25) is 0 Å². The lowest BCUT2D eigenvalue weighted by Gasteiger charge is -2.25. The van der Waals surface area contributed by atoms with E-state index < -0.39 is 0 Å². The van der Waals surface area contributed by atoms with Crippen molar-refractivity contribution >= 4 is 5.65 Å². The van der Waals surface area contributed by atoms with Gasteiger partial charge in [-0.25, -0.2) is 9.50 Å². The van der Waals surface area contributed by atoms with Gasteiger partial charge in [-0.2, -0.15) is 0 Å². The Kier molecular flexibility index (Phi) is 2.14. The standard InChI is InChI=1S/C11H14N4/c1-2-7-15-11(6-1)13-10(14-15)8-12-9-4-3-5-9/h1-2,6-7,9,12H,3-5,8H2. The van der Waals surface area contributed by atoms with Crippen molar-refractivity contribution in [3.05, 3.63) is 30.2 Å². The van der Waals surface area contributed by atoms with Gasteiger partial charge >= 0.3 is 0 Å². The summed E-state index contributed by atoms with van der Waals surface area (Å²) in [6.07, 6.45) is 5.88. The zero-order valence-electron chi connectivity index (χ0n) is 8.56. The average Bonchev–Trinajstić information content (AvgIpc) is 2.57. The Morgan fingerprint density at radius 3 is 3.07 bits per heavy atom. The number of fused-ring (bicyclic) bond motifs is 1. The van der Waals surface area contributed by atoms with Crippen molar-refractivity contribution in [2.75, 3.05) is 0 Å². The molecule has 0 bridgehead atoms. The van der Waals surface area contributed by atoms with Gasteiger partial charge in [-0.15, -0.1) is 5.10 Å². The van der Waals surface area contributed by atoms with E-state index in [1.807, 2.05) is 28.9 Å². The molecule has 2 aromatic rings. The van der Waals surface area contributed by atoms with Crippen molar-refractivity contribution in [2.45, 2.75) is 31.8 Å². The SMILES string of the molecule is c1ccn2nc(CNC3CCC3)nc2c1. The highest BCUT2D eigenvalue weighted by Crippen LogP contribution is 2.18. The lowest BCUT2D eigenvalue weighted by atomic mass is 9.93. The van der Waals surface area contributed by atoms with E-state index in [1.165, 1.54) is 19.3 Å². The molecule has 0 atom stereocenters. The van der Waals surface area contributed by atoms with Gasteiger partial charge in [0.25, 0.3) is 0 Å². The van der Waals surface area contributed by atoms with Crippen LogP contribution in [0.15, 0.2) is 24.4 Å². The summed E-state index contributed by atoms with van der Waals surface area (Å²) in [5.74, 6) is 0.883. The first kappa shape index (κ1) is 8.85. The number of nitrogens with zero attached hydrogens (tertiary/aromatic N) is 3. The maximum atomic E-state index is 4.43. The molecule has 15 heavy (non-hydrogen) atoms. The Bertz CT molecular complexity index is 425. The lowest BCUT2D eigenvalue weighted by molar-refractivity contribution is 0.335. The van der Waals surface area contributed by atoms with Gasteiger partial charge in [0.05, 0.1) is 6.54 Å². The van der Waals surface area contributed by atoms with Gasteiger partial charge < -0.3 is 5.32 Å². The Balaban J connectivity index is 1.73. The Hall–Kier alpha value is -1.42. The molecule has 0 spiro atoms. The molecule has 0 aromatic carbocycles. The number of pyridine rings is 1. The third-order valence-electron chi connectivity index (χ3n) is 2.94. The van der Waals surface area contributed by atoms with Gasteiger partial charge in [0.1, 0.15) is 0 Å². The van der Waals surface area contributed by atoms with Crippen molar-refractivity contribution in [1.82, 2.24) is 19.9 Å². The molecule has 78 valence electrons. The van der Waals surface area contributed by atoms with Crippen molar-refractivity contribution in [3.63, 3.8) is 0 Å². The Labute approximate surface area is 88.3 Å². The minimum atomic E-state index is 0.691. The topological polar surface area (TPSA) is 42.2 Å². The number of nitrogens with one attached hydrogen (secondary N) is 1. The molecule has 4 nitrogen and oxygen atoms in total. The van der Waals surface area contributed by atoms with Crippen LogP contribution in [0.25, 0.3) is 5.65 Å². The van der Waals surface area contributed by atoms with Crippen LogP contribution in [0.1, 0.15) is 25.1 Å². The second kappa shape index (κ2) is 3.62. The van der Waals surface area contributed by atoms with Crippen LogP contribution in [0.3, 0.4) is 0 Å². The highest BCUT2D eigenvalue weighted by molar-refractivity contribution is 5.36. The molecule has 1 aliphatic carbocycles. The van der Waals surface area contributed by atoms with Gasteiger partial charge in [0.15, 0.2) is 11.5 Å². The Morgan fingerprint density at radius 1 is 1.40 bits per heavy atom. The van der Waals surface area contributed by atoms with Crippen molar-refractivity contribution in [1.29, 1.82) is 0 Å². The summed E-state index contributed by atoms with van der Waals surface area (Å²) in [5, 5.41) is 7.84. The Morgan fingerprint density at radius 2 is 2.33 bits per heavy atom. The van der Waals surface area contributed by atoms with Crippen molar-refractivity contribution in [3.8, 4) is 0 Å². The first-order chi connectivity index (χ1) is 7.42. The summed E-state index contributed by atoms with van der Waals surface area (Å²) >= 11 is 0. The summed E-state index contributed by atoms with van der Waals surface area (Å²) in [7, 11) is 0. The second-order valence-electron chi connectivity index (χ2n) is 4.04. The summed E-state index contributed by atoms with van der Waals surface area (Å²) in [5.41, 5.74) is 0.919. The number of hydrogen-bond acceptors (Lipinski definition) is 3. The number of rotatable bonds is 3. The van der Waals surface area contributed by atoms with Gasteiger partial charge in [-0.05, 0) is 25.0 Å². The van der Waals surface area contributed by atoms with E-state index >= 15 is 0 Å². The molecule has 0 aliphatic heterocycles. The van der Waals surface area contributed by atoms with E-state index in [-0.39, 0.29) is 0 Å². The monoisotopic (exact) mass is 202 g/mol. The van der Waals surface area contributed by atoms with Crippen LogP contribution in [-0.4, -0.2) is 20.6 Å². The lowest BCUT2D eigenvalue weighted by Crippen LogP contribution is -2.34. The average molecular weight is 202 g/mol. The van der Waals surface area contributed by atoms with Gasteiger partial charge in [-0.3, -0.25) is 0 Å². The highest BCUT2D eigenvalue weighted by atomic mass is 15.3. The fraction of sp³-hybridized carbons (Fsp3) is 0.455. The van der Waals surface area contributed by atoms with Gasteiger partial charge in [0.2, 0.25) is 0 Å². The van der Waals surface area contributed by atoms with Crippen LogP contribution in [0, 0.1) is 0 Å². The van der Waals surface area contributed by atoms with Crippen molar-refractivity contribution < 1.29 is 0 Å². The maximum absolute atomic E-state index is 4.43. The maximum Gasteiger partial charge on any atom is 0.165 e. The molecule has 2 aromatic heterocycles. The van der Waals surface area contributed by atoms with E-state index in [1.54, 1.807) is 0 Å². The fourth-order valence-electron chi connectivity index (χ4n) is 1.80. The molecule has 0 amide bonds. The van der Waals surface area contributed by atoms with Gasteiger partial charge in [0, 0.05) is 12.2 Å². The number of aromatic nitrogens is 3. The zero-order valence-corrected chi connectivity index (χ0v) is 8.56. The molecule has 0 unspecified atom stereocenters. The van der Waals surface area contributed by atoms with E-state index in [2.05, 4.69) is 15.4 Å². The smallest absolute Gasteiger partial charge is 0.165 e. The zero-order chi connectivity index (χ0) is 10.1. The van der Waals surface area contributed by atoms with E-state index in [4.69, 9.17) is 0 Å². The molecule has 4 heteroatoms. The highest BCUT2D eigenvalue weighted by Gasteiger charge is 2.16. The summed E-state index contributed by atoms with van der Waals surface area (Å²) in [6, 6.07) is 6.61. The quantitative estimate of drug-likeness (QED) is 0.817. The largest absolute Gasteiger partial charge is 0.307 e. The number of hydrogen-bond donors (Lipinski definition) is 1. The fourth-order valence-corrected chi connectivity index (χ4v) is 1.80. The normalized spacial score (nSPS) is 16.8. The summed E-state index contributed by atoms with van der Waals surface area (Å²) in [6.45, 7) is 0.784. The first-order valence-corrected chi connectivity index (χ1v) is 5.45. The molecule has 1 fully saturated rings. The molecule has 1 saturated carbocycles. The van der Waals surface area contributed by atoms with Gasteiger partial charge in [-0.1, -0.05) is 12.5 Å². The predicted molar refractivity (Wildman–Crippen MR) is 57.5 cm³/mol. The second-order valence-corrected chi connectivity index (χ2v) is 4.04. The van der Waals surface area contributed by atoms with Crippen LogP contribution >= 0.6 is 0 Å². The molecule has 0 radical (unpaired) electrons. The van der Waals surface area contributed by atoms with E-state index in [0.29, 0.717) is 6.04 Å². The van der Waals surface area contributed by atoms with Crippen LogP contribution in [0.4, 0.5) is 0 Å². The summed E-state index contributed by atoms with van der Waals surface area (Å²) in [4.78, 5) is 4.43. The third kappa shape index (κ3) is 1.72. The minimum Gasteiger partial charge on any atom is -0.307 e. The summed E-state index contributed by atoms with van der Waals surface area (Å²) < 4.78 is 1.82. The van der Waals surface area contributed by atoms with Crippen LogP contribution in [0.5, 0.6) is 0 Å².